The summed E-state index contributed by atoms with van der Waals surface area (Å²) in [6.07, 6.45) is 2.36. The summed E-state index contributed by atoms with van der Waals surface area (Å²) in [5, 5.41) is 2.84. The van der Waals surface area contributed by atoms with Crippen molar-refractivity contribution >= 4 is 27.7 Å². The van der Waals surface area contributed by atoms with E-state index in [4.69, 9.17) is 0 Å². The molecule has 1 fully saturated rings. The van der Waals surface area contributed by atoms with Gasteiger partial charge in [0.15, 0.2) is 0 Å². The summed E-state index contributed by atoms with van der Waals surface area (Å²) in [7, 11) is 0. The molecule has 1 aliphatic rings. The van der Waals surface area contributed by atoms with Crippen LogP contribution in [0.2, 0.25) is 0 Å². The molecule has 1 aliphatic heterocycles. The van der Waals surface area contributed by atoms with Crippen LogP contribution in [0.15, 0.2) is 0 Å². The van der Waals surface area contributed by atoms with Crippen molar-refractivity contribution in [2.45, 2.75) is 37.9 Å². The maximum atomic E-state index is 11.9. The molecule has 1 N–H and O–H groups in total. The summed E-state index contributed by atoms with van der Waals surface area (Å²) < 4.78 is 0. The SMILES string of the molecule is CCNC(=O)C1CCN(C(=O)C(Br)CC)CC1. The van der Waals surface area contributed by atoms with Crippen LogP contribution in [0, 0.1) is 5.92 Å². The molecule has 2 amide bonds. The first kappa shape index (κ1) is 14.5. The van der Waals surface area contributed by atoms with Gasteiger partial charge in [0, 0.05) is 25.6 Å². The molecule has 17 heavy (non-hydrogen) atoms. The predicted molar refractivity (Wildman–Crippen MR) is 71.0 cm³/mol. The van der Waals surface area contributed by atoms with Crippen molar-refractivity contribution in [2.75, 3.05) is 19.6 Å². The highest BCUT2D eigenvalue weighted by Crippen LogP contribution is 2.20. The van der Waals surface area contributed by atoms with Crippen LogP contribution in [0.5, 0.6) is 0 Å². The Morgan fingerprint density at radius 2 is 1.94 bits per heavy atom. The van der Waals surface area contributed by atoms with Crippen LogP contribution >= 0.6 is 15.9 Å². The van der Waals surface area contributed by atoms with Crippen LogP contribution < -0.4 is 5.32 Å². The number of carbonyl (C=O) groups excluding carboxylic acids is 2. The predicted octanol–water partition coefficient (Wildman–Crippen LogP) is 1.53. The topological polar surface area (TPSA) is 49.4 Å². The molecule has 0 aliphatic carbocycles. The lowest BCUT2D eigenvalue weighted by Crippen LogP contribution is -2.45. The molecule has 1 rings (SSSR count). The van der Waals surface area contributed by atoms with Gasteiger partial charge in [0.05, 0.1) is 4.83 Å². The molecular formula is C12H21BrN2O2. The number of hydrogen-bond donors (Lipinski definition) is 1. The van der Waals surface area contributed by atoms with Gasteiger partial charge in [-0.3, -0.25) is 9.59 Å². The molecule has 0 aromatic rings. The first-order valence-electron chi connectivity index (χ1n) is 6.30. The van der Waals surface area contributed by atoms with E-state index in [1.807, 2.05) is 18.7 Å². The zero-order valence-electron chi connectivity index (χ0n) is 10.5. The van der Waals surface area contributed by atoms with Gasteiger partial charge in [-0.2, -0.15) is 0 Å². The monoisotopic (exact) mass is 304 g/mol. The van der Waals surface area contributed by atoms with E-state index < -0.39 is 0 Å². The summed E-state index contributed by atoms with van der Waals surface area (Å²) in [4.78, 5) is 25.3. The van der Waals surface area contributed by atoms with Crippen LogP contribution in [-0.2, 0) is 9.59 Å². The number of likely N-dealkylation sites (tertiary alicyclic amines) is 1. The second kappa shape index (κ2) is 6.99. The van der Waals surface area contributed by atoms with E-state index in [-0.39, 0.29) is 22.6 Å². The highest BCUT2D eigenvalue weighted by Gasteiger charge is 2.28. The quantitative estimate of drug-likeness (QED) is 0.801. The van der Waals surface area contributed by atoms with Crippen molar-refractivity contribution < 1.29 is 9.59 Å². The molecule has 0 aromatic heterocycles. The zero-order valence-corrected chi connectivity index (χ0v) is 12.1. The highest BCUT2D eigenvalue weighted by molar-refractivity contribution is 9.10. The van der Waals surface area contributed by atoms with Gasteiger partial charge < -0.3 is 10.2 Å². The van der Waals surface area contributed by atoms with Crippen LogP contribution in [0.1, 0.15) is 33.1 Å². The van der Waals surface area contributed by atoms with Gasteiger partial charge in [-0.25, -0.2) is 0 Å². The molecule has 0 saturated carbocycles. The summed E-state index contributed by atoms with van der Waals surface area (Å²) in [6, 6.07) is 0. The number of hydrogen-bond acceptors (Lipinski definition) is 2. The van der Waals surface area contributed by atoms with E-state index in [1.54, 1.807) is 0 Å². The molecule has 4 nitrogen and oxygen atoms in total. The lowest BCUT2D eigenvalue weighted by Gasteiger charge is -2.32. The molecule has 0 spiro atoms. The maximum absolute atomic E-state index is 11.9. The fourth-order valence-electron chi connectivity index (χ4n) is 2.05. The maximum Gasteiger partial charge on any atom is 0.236 e. The fraction of sp³-hybridized carbons (Fsp3) is 0.833. The summed E-state index contributed by atoms with van der Waals surface area (Å²) in [5.41, 5.74) is 0. The Hall–Kier alpha value is -0.580. The van der Waals surface area contributed by atoms with E-state index in [9.17, 15) is 9.59 Å². The number of nitrogens with one attached hydrogen (secondary N) is 1. The molecule has 5 heteroatoms. The van der Waals surface area contributed by atoms with Crippen molar-refractivity contribution in [1.29, 1.82) is 0 Å². The number of amides is 2. The molecule has 98 valence electrons. The number of halogens is 1. The van der Waals surface area contributed by atoms with Gasteiger partial charge in [-0.05, 0) is 26.2 Å². The minimum absolute atomic E-state index is 0.0782. The van der Waals surface area contributed by atoms with Gasteiger partial charge in [-0.1, -0.05) is 22.9 Å². The van der Waals surface area contributed by atoms with Gasteiger partial charge in [0.25, 0.3) is 0 Å². The molecule has 1 unspecified atom stereocenters. The van der Waals surface area contributed by atoms with Gasteiger partial charge in [-0.15, -0.1) is 0 Å². The zero-order chi connectivity index (χ0) is 12.8. The molecule has 1 atom stereocenters. The number of rotatable bonds is 4. The first-order valence-corrected chi connectivity index (χ1v) is 7.22. The highest BCUT2D eigenvalue weighted by atomic mass is 79.9. The second-order valence-electron chi connectivity index (χ2n) is 4.37. The number of alkyl halides is 1. The summed E-state index contributed by atoms with van der Waals surface area (Å²) >= 11 is 3.38. The Bertz CT molecular complexity index is 276. The normalized spacial score (nSPS) is 18.9. The van der Waals surface area contributed by atoms with E-state index >= 15 is 0 Å². The third-order valence-corrected chi connectivity index (χ3v) is 4.19. The van der Waals surface area contributed by atoms with Crippen molar-refractivity contribution in [3.05, 3.63) is 0 Å². The lowest BCUT2D eigenvalue weighted by atomic mass is 9.95. The van der Waals surface area contributed by atoms with Gasteiger partial charge in [0.2, 0.25) is 11.8 Å². The van der Waals surface area contributed by atoms with Crippen LogP contribution in [0.4, 0.5) is 0 Å². The number of nitrogens with zero attached hydrogens (tertiary/aromatic N) is 1. The molecule has 1 heterocycles. The van der Waals surface area contributed by atoms with E-state index in [2.05, 4.69) is 21.2 Å². The minimum Gasteiger partial charge on any atom is -0.356 e. The van der Waals surface area contributed by atoms with Gasteiger partial charge in [0.1, 0.15) is 0 Å². The molecule has 0 aromatic carbocycles. The van der Waals surface area contributed by atoms with Crippen molar-refractivity contribution in [3.8, 4) is 0 Å². The van der Waals surface area contributed by atoms with E-state index in [0.717, 1.165) is 19.3 Å². The molecule has 1 saturated heterocycles. The summed E-state index contributed by atoms with van der Waals surface area (Å²) in [5.74, 6) is 0.363. The van der Waals surface area contributed by atoms with Crippen molar-refractivity contribution in [3.63, 3.8) is 0 Å². The average Bonchev–Trinajstić information content (AvgIpc) is 2.37. The number of carbonyl (C=O) groups is 2. The van der Waals surface area contributed by atoms with Crippen LogP contribution in [-0.4, -0.2) is 41.2 Å². The largest absolute Gasteiger partial charge is 0.356 e. The minimum atomic E-state index is -0.0801. The second-order valence-corrected chi connectivity index (χ2v) is 5.48. The van der Waals surface area contributed by atoms with Crippen LogP contribution in [0.3, 0.4) is 0 Å². The third kappa shape index (κ3) is 3.98. The Morgan fingerprint density at radius 1 is 1.35 bits per heavy atom. The standard InChI is InChI=1S/C12H21BrN2O2/c1-3-10(13)12(17)15-7-5-9(6-8-15)11(16)14-4-2/h9-10H,3-8H2,1-2H3,(H,14,16). The van der Waals surface area contributed by atoms with Gasteiger partial charge >= 0.3 is 0 Å². The van der Waals surface area contributed by atoms with Crippen molar-refractivity contribution in [1.82, 2.24) is 10.2 Å². The van der Waals surface area contributed by atoms with E-state index in [1.165, 1.54) is 0 Å². The fourth-order valence-corrected chi connectivity index (χ4v) is 2.34. The molecule has 0 radical (unpaired) electrons. The Morgan fingerprint density at radius 3 is 2.41 bits per heavy atom. The Balaban J connectivity index is 2.40. The summed E-state index contributed by atoms with van der Waals surface area (Å²) in [6.45, 7) is 5.98. The van der Waals surface area contributed by atoms with Crippen LogP contribution in [0.25, 0.3) is 0 Å². The third-order valence-electron chi connectivity index (χ3n) is 3.15. The average molecular weight is 305 g/mol. The van der Waals surface area contributed by atoms with E-state index in [0.29, 0.717) is 19.6 Å². The lowest BCUT2D eigenvalue weighted by molar-refractivity contribution is -0.135. The number of piperidine rings is 1. The Labute approximate surface area is 111 Å². The van der Waals surface area contributed by atoms with Crippen molar-refractivity contribution in [2.24, 2.45) is 5.92 Å². The smallest absolute Gasteiger partial charge is 0.236 e. The Kier molecular flexibility index (Phi) is 5.95. The molecule has 0 bridgehead atoms. The first-order chi connectivity index (χ1) is 8.10. The molecular weight excluding hydrogens is 284 g/mol.